The van der Waals surface area contributed by atoms with Gasteiger partial charge in [0.05, 0.1) is 22.3 Å². The van der Waals surface area contributed by atoms with Crippen LogP contribution in [0.4, 0.5) is 0 Å². The van der Waals surface area contributed by atoms with Crippen molar-refractivity contribution in [2.75, 3.05) is 0 Å². The monoisotopic (exact) mass is 283 g/mol. The molecule has 0 aliphatic rings. The summed E-state index contributed by atoms with van der Waals surface area (Å²) in [7, 11) is 0. The van der Waals surface area contributed by atoms with E-state index in [1.807, 2.05) is 18.2 Å². The summed E-state index contributed by atoms with van der Waals surface area (Å²) in [5, 5.41) is 9.98. The van der Waals surface area contributed by atoms with Gasteiger partial charge in [0.15, 0.2) is 0 Å². The third-order valence-corrected chi connectivity index (χ3v) is 2.87. The zero-order valence-electron chi connectivity index (χ0n) is 9.44. The highest BCUT2D eigenvalue weighted by Crippen LogP contribution is 2.21. The van der Waals surface area contributed by atoms with E-state index in [2.05, 4.69) is 4.98 Å². The van der Waals surface area contributed by atoms with Gasteiger partial charge in [-0.2, -0.15) is 0 Å². The van der Waals surface area contributed by atoms with Crippen LogP contribution in [0.1, 0.15) is 11.3 Å². The quantitative estimate of drug-likeness (QED) is 0.934. The van der Waals surface area contributed by atoms with Crippen LogP contribution < -0.4 is 4.74 Å². The van der Waals surface area contributed by atoms with Crippen LogP contribution in [0, 0.1) is 0 Å². The Balaban J connectivity index is 2.06. The minimum absolute atomic E-state index is 0.0167. The van der Waals surface area contributed by atoms with Gasteiger partial charge in [-0.3, -0.25) is 4.98 Å². The molecule has 0 unspecified atom stereocenters. The molecule has 0 atom stereocenters. The Morgan fingerprint density at radius 3 is 2.78 bits per heavy atom. The van der Waals surface area contributed by atoms with Gasteiger partial charge in [-0.05, 0) is 23.8 Å². The number of ether oxygens (including phenoxy) is 1. The number of rotatable bonds is 4. The highest BCUT2D eigenvalue weighted by molar-refractivity contribution is 6.34. The van der Waals surface area contributed by atoms with Gasteiger partial charge in [0.2, 0.25) is 0 Å². The van der Waals surface area contributed by atoms with Gasteiger partial charge in [-0.1, -0.05) is 35.3 Å². The van der Waals surface area contributed by atoms with E-state index in [-0.39, 0.29) is 13.2 Å². The van der Waals surface area contributed by atoms with Crippen molar-refractivity contribution in [2.24, 2.45) is 0 Å². The van der Waals surface area contributed by atoms with Crippen LogP contribution in [-0.4, -0.2) is 10.1 Å². The molecule has 0 amide bonds. The van der Waals surface area contributed by atoms with E-state index in [0.717, 1.165) is 5.56 Å². The molecule has 0 radical (unpaired) electrons. The maximum absolute atomic E-state index is 9.02. The van der Waals surface area contributed by atoms with E-state index in [0.29, 0.717) is 21.5 Å². The molecule has 1 aromatic heterocycles. The lowest BCUT2D eigenvalue weighted by Crippen LogP contribution is -1.99. The Labute approximate surface area is 115 Å². The van der Waals surface area contributed by atoms with Gasteiger partial charge in [-0.15, -0.1) is 0 Å². The van der Waals surface area contributed by atoms with E-state index < -0.39 is 0 Å². The lowest BCUT2D eigenvalue weighted by molar-refractivity contribution is 0.277. The van der Waals surface area contributed by atoms with Crippen LogP contribution in [0.2, 0.25) is 10.0 Å². The number of aliphatic hydroxyl groups excluding tert-OH is 1. The fourth-order valence-electron chi connectivity index (χ4n) is 1.43. The summed E-state index contributed by atoms with van der Waals surface area (Å²) >= 11 is 11.7. The molecule has 1 N–H and O–H groups in total. The Morgan fingerprint density at radius 1 is 1.22 bits per heavy atom. The molecule has 18 heavy (non-hydrogen) atoms. The van der Waals surface area contributed by atoms with E-state index >= 15 is 0 Å². The minimum Gasteiger partial charge on any atom is -0.487 e. The molecule has 1 heterocycles. The molecule has 0 aliphatic heterocycles. The Morgan fingerprint density at radius 2 is 2.06 bits per heavy atom. The first-order valence-corrected chi connectivity index (χ1v) is 6.07. The van der Waals surface area contributed by atoms with Gasteiger partial charge in [0.1, 0.15) is 12.4 Å². The molecule has 0 bridgehead atoms. The second-order valence-electron chi connectivity index (χ2n) is 3.68. The predicted molar refractivity (Wildman–Crippen MR) is 71.0 cm³/mol. The first-order chi connectivity index (χ1) is 8.69. The summed E-state index contributed by atoms with van der Waals surface area (Å²) < 4.78 is 5.55. The van der Waals surface area contributed by atoms with Gasteiger partial charge >= 0.3 is 0 Å². The van der Waals surface area contributed by atoms with E-state index in [4.69, 9.17) is 33.0 Å². The average Bonchev–Trinajstić information content (AvgIpc) is 2.38. The smallest absolute Gasteiger partial charge is 0.132 e. The van der Waals surface area contributed by atoms with Gasteiger partial charge in [0.25, 0.3) is 0 Å². The summed E-state index contributed by atoms with van der Waals surface area (Å²) in [5.74, 6) is 0.661. The summed E-state index contributed by atoms with van der Waals surface area (Å²) in [4.78, 5) is 4.10. The maximum Gasteiger partial charge on any atom is 0.132 e. The lowest BCUT2D eigenvalue weighted by Gasteiger charge is -2.08. The van der Waals surface area contributed by atoms with Crippen LogP contribution in [0.15, 0.2) is 36.5 Å². The van der Waals surface area contributed by atoms with Crippen LogP contribution >= 0.6 is 23.2 Å². The molecule has 0 spiro atoms. The average molecular weight is 284 g/mol. The molecule has 2 rings (SSSR count). The molecule has 2 aromatic rings. The van der Waals surface area contributed by atoms with Crippen molar-refractivity contribution in [3.63, 3.8) is 0 Å². The second-order valence-corrected chi connectivity index (χ2v) is 4.52. The third kappa shape index (κ3) is 3.35. The first-order valence-electron chi connectivity index (χ1n) is 5.31. The highest BCUT2D eigenvalue weighted by atomic mass is 35.5. The summed E-state index contributed by atoms with van der Waals surface area (Å²) in [5.41, 5.74) is 1.41. The molecule has 0 saturated carbocycles. The lowest BCUT2D eigenvalue weighted by atomic mass is 10.2. The molecule has 0 aliphatic carbocycles. The standard InChI is InChI=1S/C13H11Cl2NO2/c14-10-5-12(15)13(16-6-10)8-18-11-3-1-2-9(4-11)7-17/h1-6,17H,7-8H2. The number of benzene rings is 1. The number of nitrogens with zero attached hydrogens (tertiary/aromatic N) is 1. The Kier molecular flexibility index (Phi) is 4.42. The van der Waals surface area contributed by atoms with Crippen LogP contribution in [-0.2, 0) is 13.2 Å². The zero-order chi connectivity index (χ0) is 13.0. The van der Waals surface area contributed by atoms with Crippen molar-refractivity contribution in [3.8, 4) is 5.75 Å². The van der Waals surface area contributed by atoms with Crippen molar-refractivity contribution in [3.05, 3.63) is 57.8 Å². The van der Waals surface area contributed by atoms with Crippen LogP contribution in [0.5, 0.6) is 5.75 Å². The number of hydrogen-bond donors (Lipinski definition) is 1. The van der Waals surface area contributed by atoms with Crippen LogP contribution in [0.25, 0.3) is 0 Å². The Hall–Kier alpha value is -1.29. The molecular formula is C13H11Cl2NO2. The second kappa shape index (κ2) is 6.05. The molecule has 0 fully saturated rings. The van der Waals surface area contributed by atoms with E-state index in [1.54, 1.807) is 12.1 Å². The van der Waals surface area contributed by atoms with Gasteiger partial charge < -0.3 is 9.84 Å². The number of halogens is 2. The van der Waals surface area contributed by atoms with Gasteiger partial charge in [0, 0.05) is 6.20 Å². The van der Waals surface area contributed by atoms with Crippen molar-refractivity contribution in [1.82, 2.24) is 4.98 Å². The van der Waals surface area contributed by atoms with Crippen molar-refractivity contribution < 1.29 is 9.84 Å². The first kappa shape index (κ1) is 13.1. The largest absolute Gasteiger partial charge is 0.487 e. The number of aliphatic hydroxyl groups is 1. The molecule has 5 heteroatoms. The number of aromatic nitrogens is 1. The molecule has 3 nitrogen and oxygen atoms in total. The fraction of sp³-hybridized carbons (Fsp3) is 0.154. The Bertz CT molecular complexity index is 546. The van der Waals surface area contributed by atoms with Crippen molar-refractivity contribution >= 4 is 23.2 Å². The molecule has 94 valence electrons. The summed E-state index contributed by atoms with van der Waals surface area (Å²) in [6.45, 7) is 0.238. The molecule has 0 saturated heterocycles. The van der Waals surface area contributed by atoms with Crippen molar-refractivity contribution in [1.29, 1.82) is 0 Å². The normalized spacial score (nSPS) is 10.4. The summed E-state index contributed by atoms with van der Waals surface area (Å²) in [6.07, 6.45) is 1.52. The molecule has 1 aromatic carbocycles. The molecular weight excluding hydrogens is 273 g/mol. The maximum atomic E-state index is 9.02. The van der Waals surface area contributed by atoms with Gasteiger partial charge in [-0.25, -0.2) is 0 Å². The highest BCUT2D eigenvalue weighted by Gasteiger charge is 2.04. The predicted octanol–water partition coefficient (Wildman–Crippen LogP) is 3.46. The fourth-order valence-corrected chi connectivity index (χ4v) is 1.87. The topological polar surface area (TPSA) is 42.4 Å². The SMILES string of the molecule is OCc1cccc(OCc2ncc(Cl)cc2Cl)c1. The summed E-state index contributed by atoms with van der Waals surface area (Å²) in [6, 6.07) is 8.84. The third-order valence-electron chi connectivity index (χ3n) is 2.34. The number of pyridine rings is 1. The minimum atomic E-state index is -0.0167. The van der Waals surface area contributed by atoms with E-state index in [1.165, 1.54) is 6.20 Å². The van der Waals surface area contributed by atoms with Crippen molar-refractivity contribution in [2.45, 2.75) is 13.2 Å². The van der Waals surface area contributed by atoms with E-state index in [9.17, 15) is 0 Å². The zero-order valence-corrected chi connectivity index (χ0v) is 10.9. The van der Waals surface area contributed by atoms with Crippen LogP contribution in [0.3, 0.4) is 0 Å². The number of hydrogen-bond acceptors (Lipinski definition) is 3.